The SMILES string of the molecule is NNc1cnccc1C(=O)NCCc1ncc[nH]1. The highest BCUT2D eigenvalue weighted by molar-refractivity contribution is 5.99. The number of pyridine rings is 1. The van der Waals surface area contributed by atoms with E-state index in [9.17, 15) is 4.79 Å². The van der Waals surface area contributed by atoms with Crippen molar-refractivity contribution in [1.82, 2.24) is 20.3 Å². The maximum Gasteiger partial charge on any atom is 0.253 e. The number of nitrogens with zero attached hydrogens (tertiary/aromatic N) is 2. The van der Waals surface area contributed by atoms with Gasteiger partial charge in [-0.1, -0.05) is 0 Å². The molecule has 0 atom stereocenters. The molecule has 7 heteroatoms. The number of amides is 1. The average Bonchev–Trinajstić information content (AvgIpc) is 2.91. The van der Waals surface area contributed by atoms with Gasteiger partial charge in [0.1, 0.15) is 5.82 Å². The number of hydrogen-bond acceptors (Lipinski definition) is 5. The van der Waals surface area contributed by atoms with Crippen LogP contribution in [0.3, 0.4) is 0 Å². The van der Waals surface area contributed by atoms with E-state index in [2.05, 4.69) is 25.7 Å². The van der Waals surface area contributed by atoms with E-state index in [1.807, 2.05) is 0 Å². The molecule has 0 aromatic carbocycles. The van der Waals surface area contributed by atoms with Gasteiger partial charge in [-0.15, -0.1) is 0 Å². The topological polar surface area (TPSA) is 109 Å². The van der Waals surface area contributed by atoms with Crippen LogP contribution in [0.1, 0.15) is 16.2 Å². The first kappa shape index (κ1) is 12.1. The monoisotopic (exact) mass is 246 g/mol. The van der Waals surface area contributed by atoms with Crippen molar-refractivity contribution in [3.05, 3.63) is 42.2 Å². The number of nitrogen functional groups attached to an aromatic ring is 1. The van der Waals surface area contributed by atoms with Crippen LogP contribution in [0.5, 0.6) is 0 Å². The lowest BCUT2D eigenvalue weighted by Gasteiger charge is -2.08. The number of nitrogens with one attached hydrogen (secondary N) is 3. The Morgan fingerprint density at radius 3 is 3.06 bits per heavy atom. The predicted octanol–water partition coefficient (Wildman–Crippen LogP) is 0.0628. The van der Waals surface area contributed by atoms with Crippen molar-refractivity contribution in [2.75, 3.05) is 12.0 Å². The van der Waals surface area contributed by atoms with Crippen LogP contribution in [-0.2, 0) is 6.42 Å². The third kappa shape index (κ3) is 2.83. The third-order valence-electron chi connectivity index (χ3n) is 2.42. The fourth-order valence-corrected chi connectivity index (χ4v) is 1.53. The molecule has 18 heavy (non-hydrogen) atoms. The molecule has 5 N–H and O–H groups in total. The zero-order valence-corrected chi connectivity index (χ0v) is 9.68. The Labute approximate surface area is 104 Å². The molecular formula is C11H14N6O. The summed E-state index contributed by atoms with van der Waals surface area (Å²) in [4.78, 5) is 22.8. The Bertz CT molecular complexity index is 510. The van der Waals surface area contributed by atoms with Crippen LogP contribution in [0, 0.1) is 0 Å². The maximum atomic E-state index is 11.9. The van der Waals surface area contributed by atoms with Gasteiger partial charge in [0.2, 0.25) is 0 Å². The molecule has 0 unspecified atom stereocenters. The van der Waals surface area contributed by atoms with Crippen LogP contribution in [-0.4, -0.2) is 27.4 Å². The molecule has 94 valence electrons. The first-order valence-corrected chi connectivity index (χ1v) is 5.48. The summed E-state index contributed by atoms with van der Waals surface area (Å²) in [6, 6.07) is 1.61. The van der Waals surface area contributed by atoms with E-state index in [0.29, 0.717) is 24.2 Å². The molecule has 0 aliphatic carbocycles. The maximum absolute atomic E-state index is 11.9. The number of hydrogen-bond donors (Lipinski definition) is 4. The minimum Gasteiger partial charge on any atom is -0.352 e. The Morgan fingerprint density at radius 1 is 1.44 bits per heavy atom. The van der Waals surface area contributed by atoms with E-state index in [1.54, 1.807) is 24.7 Å². The van der Waals surface area contributed by atoms with Crippen LogP contribution in [0.4, 0.5) is 5.69 Å². The van der Waals surface area contributed by atoms with Gasteiger partial charge in [0.25, 0.3) is 5.91 Å². The van der Waals surface area contributed by atoms with Crippen molar-refractivity contribution >= 4 is 11.6 Å². The highest BCUT2D eigenvalue weighted by Crippen LogP contribution is 2.11. The fraction of sp³-hybridized carbons (Fsp3) is 0.182. The second-order valence-corrected chi connectivity index (χ2v) is 3.61. The number of rotatable bonds is 5. The molecule has 2 aromatic rings. The number of anilines is 1. The van der Waals surface area contributed by atoms with Crippen molar-refractivity contribution in [3.8, 4) is 0 Å². The van der Waals surface area contributed by atoms with Gasteiger partial charge >= 0.3 is 0 Å². The van der Waals surface area contributed by atoms with E-state index >= 15 is 0 Å². The van der Waals surface area contributed by atoms with Crippen molar-refractivity contribution in [3.63, 3.8) is 0 Å². The highest BCUT2D eigenvalue weighted by Gasteiger charge is 2.09. The highest BCUT2D eigenvalue weighted by atomic mass is 16.1. The van der Waals surface area contributed by atoms with Crippen molar-refractivity contribution in [2.24, 2.45) is 5.84 Å². The number of carbonyl (C=O) groups is 1. The van der Waals surface area contributed by atoms with Crippen molar-refractivity contribution in [1.29, 1.82) is 0 Å². The molecule has 0 bridgehead atoms. The smallest absolute Gasteiger partial charge is 0.253 e. The van der Waals surface area contributed by atoms with Crippen molar-refractivity contribution in [2.45, 2.75) is 6.42 Å². The van der Waals surface area contributed by atoms with Gasteiger partial charge in [0.05, 0.1) is 17.4 Å². The summed E-state index contributed by atoms with van der Waals surface area (Å²) in [6.07, 6.45) is 7.12. The van der Waals surface area contributed by atoms with Gasteiger partial charge in [-0.3, -0.25) is 15.6 Å². The number of nitrogens with two attached hydrogens (primary N) is 1. The molecule has 0 aliphatic heterocycles. The molecule has 0 saturated heterocycles. The molecule has 2 rings (SSSR count). The first-order valence-electron chi connectivity index (χ1n) is 5.48. The van der Waals surface area contributed by atoms with Gasteiger partial charge in [-0.05, 0) is 6.07 Å². The molecular weight excluding hydrogens is 232 g/mol. The molecule has 0 fully saturated rings. The summed E-state index contributed by atoms with van der Waals surface area (Å²) >= 11 is 0. The lowest BCUT2D eigenvalue weighted by molar-refractivity contribution is 0.0954. The summed E-state index contributed by atoms with van der Waals surface area (Å²) in [6.45, 7) is 0.499. The van der Waals surface area contributed by atoms with E-state index in [0.717, 1.165) is 5.82 Å². The van der Waals surface area contributed by atoms with Gasteiger partial charge < -0.3 is 15.7 Å². The Balaban J connectivity index is 1.91. The van der Waals surface area contributed by atoms with E-state index < -0.39 is 0 Å². The molecule has 2 aromatic heterocycles. The average molecular weight is 246 g/mol. The predicted molar refractivity (Wildman–Crippen MR) is 66.7 cm³/mol. The summed E-state index contributed by atoms with van der Waals surface area (Å²) in [7, 11) is 0. The zero-order valence-electron chi connectivity index (χ0n) is 9.68. The van der Waals surface area contributed by atoms with Crippen LogP contribution >= 0.6 is 0 Å². The van der Waals surface area contributed by atoms with Crippen LogP contribution in [0.25, 0.3) is 0 Å². The number of H-pyrrole nitrogens is 1. The molecule has 0 aliphatic rings. The van der Waals surface area contributed by atoms with Gasteiger partial charge in [0.15, 0.2) is 0 Å². The lowest BCUT2D eigenvalue weighted by Crippen LogP contribution is -2.27. The van der Waals surface area contributed by atoms with Gasteiger partial charge in [-0.2, -0.15) is 0 Å². The quantitative estimate of drug-likeness (QED) is 0.441. The van der Waals surface area contributed by atoms with Crippen LogP contribution in [0.2, 0.25) is 0 Å². The van der Waals surface area contributed by atoms with E-state index in [1.165, 1.54) is 6.20 Å². The van der Waals surface area contributed by atoms with Crippen LogP contribution < -0.4 is 16.6 Å². The molecule has 0 spiro atoms. The normalized spacial score (nSPS) is 10.1. The zero-order chi connectivity index (χ0) is 12.8. The third-order valence-corrected chi connectivity index (χ3v) is 2.42. The Morgan fingerprint density at radius 2 is 2.33 bits per heavy atom. The summed E-state index contributed by atoms with van der Waals surface area (Å²) < 4.78 is 0. The summed E-state index contributed by atoms with van der Waals surface area (Å²) in [5.41, 5.74) is 3.40. The van der Waals surface area contributed by atoms with Gasteiger partial charge in [0, 0.05) is 31.6 Å². The Hall–Kier alpha value is -2.41. The second kappa shape index (κ2) is 5.78. The van der Waals surface area contributed by atoms with Crippen LogP contribution in [0.15, 0.2) is 30.9 Å². The number of aromatic amines is 1. The largest absolute Gasteiger partial charge is 0.352 e. The number of hydrazine groups is 1. The number of imidazole rings is 1. The first-order chi connectivity index (χ1) is 8.81. The number of aromatic nitrogens is 3. The summed E-state index contributed by atoms with van der Waals surface area (Å²) in [5.74, 6) is 5.95. The molecule has 0 radical (unpaired) electrons. The molecule has 2 heterocycles. The fourth-order valence-electron chi connectivity index (χ4n) is 1.53. The second-order valence-electron chi connectivity index (χ2n) is 3.61. The van der Waals surface area contributed by atoms with E-state index in [4.69, 9.17) is 5.84 Å². The molecule has 0 saturated carbocycles. The minimum atomic E-state index is -0.197. The number of carbonyl (C=O) groups excluding carboxylic acids is 1. The Kier molecular flexibility index (Phi) is 3.87. The summed E-state index contributed by atoms with van der Waals surface area (Å²) in [5, 5.41) is 2.79. The van der Waals surface area contributed by atoms with Crippen molar-refractivity contribution < 1.29 is 4.79 Å². The molecule has 7 nitrogen and oxygen atoms in total. The lowest BCUT2D eigenvalue weighted by atomic mass is 10.2. The molecule has 1 amide bonds. The van der Waals surface area contributed by atoms with E-state index in [-0.39, 0.29) is 5.91 Å². The standard InChI is InChI=1S/C11H14N6O/c12-17-9-7-13-3-1-8(9)11(18)16-4-2-10-14-5-6-15-10/h1,3,5-7,17H,2,4,12H2,(H,14,15)(H,16,18). The minimum absolute atomic E-state index is 0.197. The van der Waals surface area contributed by atoms with Gasteiger partial charge in [-0.25, -0.2) is 4.98 Å².